The maximum absolute atomic E-state index is 4.98. The lowest BCUT2D eigenvalue weighted by molar-refractivity contribution is 0.429. The number of benzene rings is 2. The summed E-state index contributed by atoms with van der Waals surface area (Å²) >= 11 is 1.56. The molecule has 0 radical (unpaired) electrons. The van der Waals surface area contributed by atoms with E-state index in [0.29, 0.717) is 0 Å². The van der Waals surface area contributed by atoms with Gasteiger partial charge < -0.3 is 4.72 Å². The first kappa shape index (κ1) is 24.7. The molecule has 1 N–H and O–H groups in total. The zero-order chi connectivity index (χ0) is 23.0. The largest absolute Gasteiger partial charge is 0.308 e. The number of hydrazone groups is 1. The quantitative estimate of drug-likeness (QED) is 0.517. The minimum atomic E-state index is 0.106. The van der Waals surface area contributed by atoms with E-state index in [0.717, 1.165) is 34.4 Å². The van der Waals surface area contributed by atoms with E-state index < -0.39 is 0 Å². The number of hydrogen-bond acceptors (Lipinski definition) is 4. The molecule has 0 amide bonds. The van der Waals surface area contributed by atoms with Gasteiger partial charge in [0.15, 0.2) is 11.7 Å². The van der Waals surface area contributed by atoms with Crippen LogP contribution in [0.5, 0.6) is 0 Å². The van der Waals surface area contributed by atoms with Crippen LogP contribution < -0.4 is 9.73 Å². The minimum Gasteiger partial charge on any atom is -0.308 e. The molecule has 0 unspecified atom stereocenters. The van der Waals surface area contributed by atoms with Gasteiger partial charge >= 0.3 is 0 Å². The van der Waals surface area contributed by atoms with Crippen LogP contribution in [0.1, 0.15) is 52.7 Å². The van der Waals surface area contributed by atoms with E-state index in [4.69, 9.17) is 10.1 Å². The molecular formula is C26H36N4S. The topological polar surface area (TPSA) is 40.0 Å². The molecular weight excluding hydrogens is 400 g/mol. The van der Waals surface area contributed by atoms with Crippen LogP contribution in [0.15, 0.2) is 75.2 Å². The van der Waals surface area contributed by atoms with Crippen molar-refractivity contribution in [2.45, 2.75) is 60.3 Å². The molecule has 0 fully saturated rings. The van der Waals surface area contributed by atoms with Gasteiger partial charge in [-0.3, -0.25) is 4.99 Å². The number of hydrogen-bond donors (Lipinski definition) is 1. The Kier molecular flexibility index (Phi) is 8.93. The standard InChI is InChI=1S/C24H30N4S.C2H6/c1-7-21-22(27-29-20-11-9-8-10-12-20)26-28(23(21)25-16-24(4,5)6)19-14-17(2)13-18(3)15-19;1-2/h7-15H,16H2,1-6H3,(H,26,27);1-2H3/b21-7-,25-23?;. The summed E-state index contributed by atoms with van der Waals surface area (Å²) in [6.45, 7) is 17.6. The van der Waals surface area contributed by atoms with E-state index >= 15 is 0 Å². The van der Waals surface area contributed by atoms with Gasteiger partial charge in [0.1, 0.15) is 0 Å². The molecule has 2 aromatic rings. The van der Waals surface area contributed by atoms with Crippen molar-refractivity contribution in [1.29, 1.82) is 0 Å². The van der Waals surface area contributed by atoms with Crippen LogP contribution in [0.3, 0.4) is 0 Å². The Balaban J connectivity index is 0.00000166. The van der Waals surface area contributed by atoms with Crippen molar-refractivity contribution in [2.24, 2.45) is 15.5 Å². The summed E-state index contributed by atoms with van der Waals surface area (Å²) in [4.78, 5) is 6.12. The van der Waals surface area contributed by atoms with Crippen LogP contribution in [0, 0.1) is 19.3 Å². The van der Waals surface area contributed by atoms with Crippen LogP contribution in [-0.2, 0) is 0 Å². The van der Waals surface area contributed by atoms with Crippen molar-refractivity contribution >= 4 is 29.3 Å². The number of rotatable bonds is 4. The highest BCUT2D eigenvalue weighted by Crippen LogP contribution is 2.28. The van der Waals surface area contributed by atoms with Crippen LogP contribution >= 0.6 is 11.9 Å². The highest BCUT2D eigenvalue weighted by Gasteiger charge is 2.29. The highest BCUT2D eigenvalue weighted by atomic mass is 32.2. The molecule has 1 aliphatic heterocycles. The molecule has 3 rings (SSSR count). The second-order valence-corrected chi connectivity index (χ2v) is 9.41. The Morgan fingerprint density at radius 1 is 1.03 bits per heavy atom. The first-order chi connectivity index (χ1) is 14.8. The number of aryl methyl sites for hydroxylation is 2. The molecule has 0 aromatic heterocycles. The van der Waals surface area contributed by atoms with Gasteiger partial charge in [0.2, 0.25) is 0 Å². The molecule has 5 heteroatoms. The van der Waals surface area contributed by atoms with Gasteiger partial charge in [0.05, 0.1) is 11.3 Å². The third kappa shape index (κ3) is 7.00. The summed E-state index contributed by atoms with van der Waals surface area (Å²) in [6.07, 6.45) is 2.08. The zero-order valence-electron chi connectivity index (χ0n) is 20.2. The predicted octanol–water partition coefficient (Wildman–Crippen LogP) is 7.15. The predicted molar refractivity (Wildman–Crippen MR) is 138 cm³/mol. The second kappa shape index (κ2) is 11.2. The van der Waals surface area contributed by atoms with E-state index in [1.165, 1.54) is 11.1 Å². The molecule has 4 nitrogen and oxygen atoms in total. The Morgan fingerprint density at radius 3 is 2.19 bits per heavy atom. The Labute approximate surface area is 192 Å². The number of anilines is 1. The molecule has 0 atom stereocenters. The summed E-state index contributed by atoms with van der Waals surface area (Å²) in [6, 6.07) is 16.7. The Morgan fingerprint density at radius 2 is 1.65 bits per heavy atom. The molecule has 0 bridgehead atoms. The summed E-state index contributed by atoms with van der Waals surface area (Å²) in [5, 5.41) is 6.88. The van der Waals surface area contributed by atoms with Gasteiger partial charge in [-0.15, -0.1) is 5.10 Å². The number of nitrogens with zero attached hydrogens (tertiary/aromatic N) is 3. The molecule has 166 valence electrons. The molecule has 1 aliphatic rings. The van der Waals surface area contributed by atoms with Gasteiger partial charge in [0, 0.05) is 11.4 Å². The molecule has 0 aliphatic carbocycles. The molecule has 2 aromatic carbocycles. The van der Waals surface area contributed by atoms with Crippen LogP contribution in [0.25, 0.3) is 0 Å². The average Bonchev–Trinajstić information content (AvgIpc) is 3.09. The molecule has 0 saturated heterocycles. The average molecular weight is 437 g/mol. The zero-order valence-corrected chi connectivity index (χ0v) is 21.0. The van der Waals surface area contributed by atoms with Gasteiger partial charge in [0.25, 0.3) is 0 Å². The maximum Gasteiger partial charge on any atom is 0.167 e. The van der Waals surface area contributed by atoms with Crippen LogP contribution in [-0.4, -0.2) is 18.2 Å². The number of amidine groups is 2. The van der Waals surface area contributed by atoms with Crippen LogP contribution in [0.4, 0.5) is 5.69 Å². The fraction of sp³-hybridized carbons (Fsp3) is 0.385. The molecule has 1 heterocycles. The van der Waals surface area contributed by atoms with E-state index in [2.05, 4.69) is 75.7 Å². The minimum absolute atomic E-state index is 0.106. The fourth-order valence-electron chi connectivity index (χ4n) is 3.08. The van der Waals surface area contributed by atoms with E-state index in [9.17, 15) is 0 Å². The SMILES string of the molecule is C/C=C1/C(NSc2ccccc2)=NN(c2cc(C)cc(C)c2)C1=NCC(C)(C)C.CC. The van der Waals surface area contributed by atoms with Gasteiger partial charge in [-0.1, -0.05) is 65.0 Å². The third-order valence-corrected chi connectivity index (χ3v) is 5.15. The molecule has 0 saturated carbocycles. The van der Waals surface area contributed by atoms with E-state index in [1.54, 1.807) is 11.9 Å². The first-order valence-corrected chi connectivity index (χ1v) is 11.7. The molecule has 31 heavy (non-hydrogen) atoms. The first-order valence-electron chi connectivity index (χ1n) is 10.9. The Hall–Kier alpha value is -2.53. The number of allylic oxidation sites excluding steroid dienone is 1. The van der Waals surface area contributed by atoms with Crippen LogP contribution in [0.2, 0.25) is 0 Å². The fourth-order valence-corrected chi connectivity index (χ4v) is 3.73. The normalized spacial score (nSPS) is 16.3. The van der Waals surface area contributed by atoms with Gasteiger partial charge in [-0.05, 0) is 73.5 Å². The second-order valence-electron chi connectivity index (χ2n) is 8.53. The maximum atomic E-state index is 4.98. The molecule has 0 spiro atoms. The summed E-state index contributed by atoms with van der Waals surface area (Å²) in [5.41, 5.74) is 4.60. The summed E-state index contributed by atoms with van der Waals surface area (Å²) in [5.74, 6) is 1.72. The van der Waals surface area contributed by atoms with E-state index in [1.807, 2.05) is 44.0 Å². The van der Waals surface area contributed by atoms with Crippen molar-refractivity contribution < 1.29 is 0 Å². The van der Waals surface area contributed by atoms with Crippen molar-refractivity contribution in [3.8, 4) is 0 Å². The number of nitrogens with one attached hydrogen (secondary N) is 1. The lowest BCUT2D eigenvalue weighted by Gasteiger charge is -2.20. The summed E-state index contributed by atoms with van der Waals surface area (Å²) in [7, 11) is 0. The smallest absolute Gasteiger partial charge is 0.167 e. The summed E-state index contributed by atoms with van der Waals surface area (Å²) < 4.78 is 3.43. The lowest BCUT2D eigenvalue weighted by Crippen LogP contribution is -2.25. The van der Waals surface area contributed by atoms with Crippen molar-refractivity contribution in [3.05, 3.63) is 71.3 Å². The van der Waals surface area contributed by atoms with E-state index in [-0.39, 0.29) is 5.41 Å². The monoisotopic (exact) mass is 436 g/mol. The number of aliphatic imine (C=N–C) groups is 1. The lowest BCUT2D eigenvalue weighted by atomic mass is 9.97. The van der Waals surface area contributed by atoms with Crippen molar-refractivity contribution in [3.63, 3.8) is 0 Å². The van der Waals surface area contributed by atoms with Gasteiger partial charge in [-0.25, -0.2) is 5.01 Å². The van der Waals surface area contributed by atoms with Crippen molar-refractivity contribution in [1.82, 2.24) is 4.72 Å². The Bertz CT molecular complexity index is 933. The van der Waals surface area contributed by atoms with Gasteiger partial charge in [-0.2, -0.15) is 0 Å². The highest BCUT2D eigenvalue weighted by molar-refractivity contribution is 7.98. The van der Waals surface area contributed by atoms with Crippen molar-refractivity contribution in [2.75, 3.05) is 11.6 Å². The third-order valence-electron chi connectivity index (χ3n) is 4.35.